The van der Waals surface area contributed by atoms with Crippen LogP contribution in [0.4, 0.5) is 4.79 Å². The summed E-state index contributed by atoms with van der Waals surface area (Å²) in [5.74, 6) is 0. The van der Waals surface area contributed by atoms with Crippen LogP contribution in [0.15, 0.2) is 11.6 Å². The molecule has 1 unspecified atom stereocenters. The highest BCUT2D eigenvalue weighted by Crippen LogP contribution is 2.30. The van der Waals surface area contributed by atoms with E-state index < -0.39 is 36.0 Å². The standard InChI is InChI=1S/C24H45NO8/c1-7-8-9-10-11-12-13-25(23(28)33-24(2,3)4)19-14-18(15-26)20(27)22(32-17-30-6)21(19)31-16-29-5/h14,19-22,26-27H,7-13,15-17H2,1-6H3/t19-,20+,21-,22?/m1/s1. The van der Waals surface area contributed by atoms with Crippen molar-refractivity contribution in [3.05, 3.63) is 11.6 Å². The van der Waals surface area contributed by atoms with E-state index in [-0.39, 0.29) is 20.2 Å². The van der Waals surface area contributed by atoms with Crippen molar-refractivity contribution in [2.45, 2.75) is 96.2 Å². The molecule has 0 saturated carbocycles. The zero-order valence-corrected chi connectivity index (χ0v) is 21.2. The number of aliphatic hydroxyl groups is 2. The maximum atomic E-state index is 13.2. The van der Waals surface area contributed by atoms with Gasteiger partial charge in [-0.2, -0.15) is 0 Å². The van der Waals surface area contributed by atoms with Crippen LogP contribution in [0.1, 0.15) is 66.2 Å². The molecule has 0 heterocycles. The largest absolute Gasteiger partial charge is 0.444 e. The van der Waals surface area contributed by atoms with Crippen LogP contribution >= 0.6 is 0 Å². The van der Waals surface area contributed by atoms with E-state index in [0.717, 1.165) is 19.3 Å². The first kappa shape index (κ1) is 29.8. The molecule has 0 spiro atoms. The number of rotatable bonds is 15. The van der Waals surface area contributed by atoms with Gasteiger partial charge in [0.05, 0.1) is 12.6 Å². The minimum Gasteiger partial charge on any atom is -0.444 e. The zero-order chi connectivity index (χ0) is 24.9. The van der Waals surface area contributed by atoms with Gasteiger partial charge in [-0.15, -0.1) is 0 Å². The van der Waals surface area contributed by atoms with Gasteiger partial charge in [-0.1, -0.05) is 45.1 Å². The molecular formula is C24H45NO8. The average molecular weight is 476 g/mol. The molecule has 0 aromatic rings. The van der Waals surface area contributed by atoms with E-state index in [1.807, 2.05) is 20.8 Å². The van der Waals surface area contributed by atoms with Crippen LogP contribution < -0.4 is 0 Å². The quantitative estimate of drug-likeness (QED) is 0.211. The van der Waals surface area contributed by atoms with Crippen LogP contribution in [0, 0.1) is 0 Å². The average Bonchev–Trinajstić information content (AvgIpc) is 2.75. The number of nitrogens with zero attached hydrogens (tertiary/aromatic N) is 1. The van der Waals surface area contributed by atoms with E-state index in [2.05, 4.69) is 6.92 Å². The normalized spacial score (nSPS) is 23.3. The predicted octanol–water partition coefficient (Wildman–Crippen LogP) is 3.22. The van der Waals surface area contributed by atoms with Gasteiger partial charge in [0.25, 0.3) is 0 Å². The molecule has 1 aliphatic carbocycles. The molecule has 9 nitrogen and oxygen atoms in total. The van der Waals surface area contributed by atoms with Crippen molar-refractivity contribution >= 4 is 6.09 Å². The second-order valence-electron chi connectivity index (χ2n) is 9.35. The highest BCUT2D eigenvalue weighted by atomic mass is 16.7. The van der Waals surface area contributed by atoms with E-state index in [4.69, 9.17) is 23.7 Å². The summed E-state index contributed by atoms with van der Waals surface area (Å²) < 4.78 is 27.5. The third-order valence-corrected chi connectivity index (χ3v) is 5.42. The van der Waals surface area contributed by atoms with Crippen LogP contribution in [0.5, 0.6) is 0 Å². The predicted molar refractivity (Wildman–Crippen MR) is 125 cm³/mol. The Bertz CT molecular complexity index is 577. The van der Waals surface area contributed by atoms with Crippen LogP contribution in [-0.2, 0) is 23.7 Å². The van der Waals surface area contributed by atoms with Crippen molar-refractivity contribution in [3.8, 4) is 0 Å². The van der Waals surface area contributed by atoms with Crippen LogP contribution in [0.25, 0.3) is 0 Å². The summed E-state index contributed by atoms with van der Waals surface area (Å²) in [6.07, 6.45) is 4.88. The number of hydrogen-bond donors (Lipinski definition) is 2. The first-order valence-electron chi connectivity index (χ1n) is 11.9. The number of amides is 1. The number of methoxy groups -OCH3 is 2. The third kappa shape index (κ3) is 10.3. The molecule has 1 rings (SSSR count). The van der Waals surface area contributed by atoms with Crippen molar-refractivity contribution in [3.63, 3.8) is 0 Å². The molecule has 0 radical (unpaired) electrons. The van der Waals surface area contributed by atoms with Crippen molar-refractivity contribution < 1.29 is 38.7 Å². The van der Waals surface area contributed by atoms with Gasteiger partial charge in [-0.3, -0.25) is 4.90 Å². The van der Waals surface area contributed by atoms with Crippen molar-refractivity contribution in [2.24, 2.45) is 0 Å². The van der Waals surface area contributed by atoms with Gasteiger partial charge in [-0.05, 0) is 32.8 Å². The van der Waals surface area contributed by atoms with Gasteiger partial charge in [0.15, 0.2) is 0 Å². The zero-order valence-electron chi connectivity index (χ0n) is 21.2. The molecule has 9 heteroatoms. The van der Waals surface area contributed by atoms with Gasteiger partial charge >= 0.3 is 6.09 Å². The van der Waals surface area contributed by atoms with E-state index in [0.29, 0.717) is 12.1 Å². The lowest BCUT2D eigenvalue weighted by atomic mass is 9.87. The lowest BCUT2D eigenvalue weighted by Crippen LogP contribution is -2.59. The maximum absolute atomic E-state index is 13.2. The van der Waals surface area contributed by atoms with Gasteiger partial charge in [0.1, 0.15) is 37.5 Å². The van der Waals surface area contributed by atoms with Gasteiger partial charge in [0, 0.05) is 20.8 Å². The first-order valence-corrected chi connectivity index (χ1v) is 11.9. The molecule has 0 fully saturated rings. The Balaban J connectivity index is 3.21. The second kappa shape index (κ2) is 15.6. The molecule has 33 heavy (non-hydrogen) atoms. The molecule has 194 valence electrons. The van der Waals surface area contributed by atoms with Gasteiger partial charge in [0.2, 0.25) is 0 Å². The minimum absolute atomic E-state index is 0.0534. The molecule has 0 saturated heterocycles. The molecule has 1 aliphatic rings. The number of aliphatic hydroxyl groups excluding tert-OH is 2. The smallest absolute Gasteiger partial charge is 0.410 e. The summed E-state index contributed by atoms with van der Waals surface area (Å²) in [5, 5.41) is 20.7. The minimum atomic E-state index is -1.11. The maximum Gasteiger partial charge on any atom is 0.410 e. The van der Waals surface area contributed by atoms with Crippen LogP contribution in [0.2, 0.25) is 0 Å². The molecule has 0 aliphatic heterocycles. The van der Waals surface area contributed by atoms with Crippen molar-refractivity contribution in [1.82, 2.24) is 4.90 Å². The Morgan fingerprint density at radius 3 is 2.12 bits per heavy atom. The number of hydrogen-bond acceptors (Lipinski definition) is 8. The Morgan fingerprint density at radius 1 is 1.00 bits per heavy atom. The van der Waals surface area contributed by atoms with E-state index in [1.165, 1.54) is 33.5 Å². The Kier molecular flexibility index (Phi) is 14.1. The fourth-order valence-corrected chi connectivity index (χ4v) is 3.83. The number of carbonyl (C=O) groups excluding carboxylic acids is 1. The topological polar surface area (TPSA) is 107 Å². The number of unbranched alkanes of at least 4 members (excludes halogenated alkanes) is 5. The monoisotopic (exact) mass is 475 g/mol. The highest BCUT2D eigenvalue weighted by molar-refractivity contribution is 5.69. The summed E-state index contributed by atoms with van der Waals surface area (Å²) in [4.78, 5) is 14.8. The molecule has 0 aromatic carbocycles. The van der Waals surface area contributed by atoms with Crippen molar-refractivity contribution in [1.29, 1.82) is 0 Å². The summed E-state index contributed by atoms with van der Waals surface area (Å²) >= 11 is 0. The Labute approximate surface area is 199 Å². The summed E-state index contributed by atoms with van der Waals surface area (Å²) in [7, 11) is 2.97. The Hall–Kier alpha value is -1.23. The lowest BCUT2D eigenvalue weighted by Gasteiger charge is -2.43. The number of ether oxygens (including phenoxy) is 5. The molecular weight excluding hydrogens is 430 g/mol. The summed E-state index contributed by atoms with van der Waals surface area (Å²) in [5.41, 5.74) is -0.321. The first-order chi connectivity index (χ1) is 15.7. The van der Waals surface area contributed by atoms with Crippen LogP contribution in [0.3, 0.4) is 0 Å². The second-order valence-corrected chi connectivity index (χ2v) is 9.35. The molecule has 2 N–H and O–H groups in total. The van der Waals surface area contributed by atoms with E-state index in [9.17, 15) is 15.0 Å². The van der Waals surface area contributed by atoms with Gasteiger partial charge in [-0.25, -0.2) is 4.79 Å². The molecule has 0 aromatic heterocycles. The van der Waals surface area contributed by atoms with Gasteiger partial charge < -0.3 is 33.9 Å². The number of carbonyl (C=O) groups is 1. The van der Waals surface area contributed by atoms with E-state index >= 15 is 0 Å². The summed E-state index contributed by atoms with van der Waals surface area (Å²) in [6.45, 7) is 7.56. The fourth-order valence-electron chi connectivity index (χ4n) is 3.83. The molecule has 0 bridgehead atoms. The Morgan fingerprint density at radius 2 is 1.58 bits per heavy atom. The lowest BCUT2D eigenvalue weighted by molar-refractivity contribution is -0.195. The fraction of sp³-hybridized carbons (Fsp3) is 0.875. The van der Waals surface area contributed by atoms with Crippen LogP contribution in [-0.4, -0.2) is 92.1 Å². The highest BCUT2D eigenvalue weighted by Gasteiger charge is 2.45. The summed E-state index contributed by atoms with van der Waals surface area (Å²) in [6, 6.07) is -0.627. The molecule has 4 atom stereocenters. The third-order valence-electron chi connectivity index (χ3n) is 5.42. The van der Waals surface area contributed by atoms with E-state index in [1.54, 1.807) is 11.0 Å². The SMILES string of the molecule is CCCCCCCCN(C(=O)OC(C)(C)C)[C@@H]1C=C(CO)[C@H](O)C(OCOC)[C@@H]1OCOC. The van der Waals surface area contributed by atoms with Crippen molar-refractivity contribution in [2.75, 3.05) is 41.0 Å². The molecule has 1 amide bonds.